The monoisotopic (exact) mass is 252 g/mol. The lowest BCUT2D eigenvalue weighted by Crippen LogP contribution is -2.17. The van der Waals surface area contributed by atoms with Gasteiger partial charge in [0.05, 0.1) is 11.0 Å². The molecule has 0 unspecified atom stereocenters. The minimum atomic E-state index is -0.410. The van der Waals surface area contributed by atoms with Crippen molar-refractivity contribution in [2.75, 3.05) is 12.1 Å². The number of rotatable bonds is 5. The number of anilines is 1. The van der Waals surface area contributed by atoms with Gasteiger partial charge in [0.2, 0.25) is 6.79 Å². The van der Waals surface area contributed by atoms with Gasteiger partial charge in [-0.25, -0.2) is 0 Å². The Kier molecular flexibility index (Phi) is 3.55. The van der Waals surface area contributed by atoms with Crippen LogP contribution in [0.4, 0.5) is 11.4 Å². The molecule has 0 aliphatic carbocycles. The van der Waals surface area contributed by atoms with E-state index in [0.717, 1.165) is 12.8 Å². The second-order valence-electron chi connectivity index (χ2n) is 4.14. The van der Waals surface area contributed by atoms with Crippen LogP contribution in [0.25, 0.3) is 0 Å². The first-order valence-corrected chi connectivity index (χ1v) is 6.00. The Bertz CT molecular complexity index is 458. The number of hydrogen-bond acceptors (Lipinski definition) is 5. The first-order chi connectivity index (χ1) is 8.65. The molecule has 18 heavy (non-hydrogen) atoms. The van der Waals surface area contributed by atoms with Crippen molar-refractivity contribution in [3.8, 4) is 11.5 Å². The molecule has 0 spiro atoms. The van der Waals surface area contributed by atoms with Crippen molar-refractivity contribution in [1.29, 1.82) is 0 Å². The van der Waals surface area contributed by atoms with Gasteiger partial charge in [-0.2, -0.15) is 0 Å². The van der Waals surface area contributed by atoms with Crippen LogP contribution in [-0.4, -0.2) is 17.8 Å². The molecular weight excluding hydrogens is 236 g/mol. The van der Waals surface area contributed by atoms with E-state index < -0.39 is 4.92 Å². The van der Waals surface area contributed by atoms with Gasteiger partial charge in [-0.05, 0) is 12.8 Å². The van der Waals surface area contributed by atoms with Gasteiger partial charge in [-0.3, -0.25) is 10.1 Å². The quantitative estimate of drug-likeness (QED) is 0.644. The van der Waals surface area contributed by atoms with Gasteiger partial charge in [0.25, 0.3) is 5.69 Å². The van der Waals surface area contributed by atoms with Gasteiger partial charge in [0.15, 0.2) is 11.5 Å². The zero-order chi connectivity index (χ0) is 13.1. The lowest BCUT2D eigenvalue weighted by atomic mass is 10.1. The standard InChI is InChI=1S/C12H16N2O4/c1-3-8(4-2)13-9-5-11-12(18-7-17-11)6-10(9)14(15)16/h5-6,8,13H,3-4,7H2,1-2H3. The number of nitro groups is 1. The third kappa shape index (κ3) is 2.32. The average Bonchev–Trinajstić information content (AvgIpc) is 2.81. The highest BCUT2D eigenvalue weighted by Gasteiger charge is 2.24. The van der Waals surface area contributed by atoms with E-state index in [2.05, 4.69) is 5.32 Å². The summed E-state index contributed by atoms with van der Waals surface area (Å²) in [5, 5.41) is 14.2. The maximum absolute atomic E-state index is 11.0. The number of nitrogens with one attached hydrogen (secondary N) is 1. The van der Waals surface area contributed by atoms with E-state index in [1.165, 1.54) is 6.07 Å². The van der Waals surface area contributed by atoms with E-state index in [-0.39, 0.29) is 18.5 Å². The maximum Gasteiger partial charge on any atom is 0.296 e. The van der Waals surface area contributed by atoms with E-state index in [1.807, 2.05) is 13.8 Å². The van der Waals surface area contributed by atoms with E-state index in [1.54, 1.807) is 6.07 Å². The SMILES string of the molecule is CCC(CC)Nc1cc2c(cc1[N+](=O)[O-])OCO2. The Morgan fingerprint density at radius 3 is 2.50 bits per heavy atom. The third-order valence-electron chi connectivity index (χ3n) is 3.03. The summed E-state index contributed by atoms with van der Waals surface area (Å²) >= 11 is 0. The molecule has 0 radical (unpaired) electrons. The zero-order valence-corrected chi connectivity index (χ0v) is 10.4. The summed E-state index contributed by atoms with van der Waals surface area (Å²) in [5.74, 6) is 0.978. The molecule has 1 N–H and O–H groups in total. The van der Waals surface area contributed by atoms with Crippen LogP contribution in [0, 0.1) is 10.1 Å². The third-order valence-corrected chi connectivity index (χ3v) is 3.03. The Labute approximate surface area is 105 Å². The Morgan fingerprint density at radius 1 is 1.33 bits per heavy atom. The van der Waals surface area contributed by atoms with Crippen LogP contribution in [0.2, 0.25) is 0 Å². The highest BCUT2D eigenvalue weighted by atomic mass is 16.7. The maximum atomic E-state index is 11.0. The van der Waals surface area contributed by atoms with Crippen LogP contribution < -0.4 is 14.8 Å². The van der Waals surface area contributed by atoms with E-state index in [9.17, 15) is 10.1 Å². The zero-order valence-electron chi connectivity index (χ0n) is 10.4. The topological polar surface area (TPSA) is 73.6 Å². The Hall–Kier alpha value is -1.98. The molecule has 0 aromatic heterocycles. The van der Waals surface area contributed by atoms with Crippen LogP contribution in [0.1, 0.15) is 26.7 Å². The van der Waals surface area contributed by atoms with Crippen molar-refractivity contribution < 1.29 is 14.4 Å². The first kappa shape index (κ1) is 12.5. The highest BCUT2D eigenvalue weighted by molar-refractivity contribution is 5.69. The minimum Gasteiger partial charge on any atom is -0.454 e. The van der Waals surface area contributed by atoms with Gasteiger partial charge in [-0.15, -0.1) is 0 Å². The van der Waals surface area contributed by atoms with Crippen molar-refractivity contribution in [2.45, 2.75) is 32.7 Å². The lowest BCUT2D eigenvalue weighted by Gasteiger charge is -2.16. The molecule has 6 nitrogen and oxygen atoms in total. The van der Waals surface area contributed by atoms with Crippen molar-refractivity contribution in [3.63, 3.8) is 0 Å². The highest BCUT2D eigenvalue weighted by Crippen LogP contribution is 2.40. The summed E-state index contributed by atoms with van der Waals surface area (Å²) in [5.41, 5.74) is 0.504. The predicted octanol–water partition coefficient (Wildman–Crippen LogP) is 2.92. The average molecular weight is 252 g/mol. The van der Waals surface area contributed by atoms with E-state index >= 15 is 0 Å². The lowest BCUT2D eigenvalue weighted by molar-refractivity contribution is -0.384. The normalized spacial score (nSPS) is 12.8. The molecule has 0 bridgehead atoms. The van der Waals surface area contributed by atoms with Crippen molar-refractivity contribution in [3.05, 3.63) is 22.2 Å². The fraction of sp³-hybridized carbons (Fsp3) is 0.500. The Morgan fingerprint density at radius 2 is 1.94 bits per heavy atom. The smallest absolute Gasteiger partial charge is 0.296 e. The number of benzene rings is 1. The molecule has 1 aromatic rings. The predicted molar refractivity (Wildman–Crippen MR) is 67.2 cm³/mol. The molecule has 0 saturated carbocycles. The summed E-state index contributed by atoms with van der Waals surface area (Å²) in [6.07, 6.45) is 1.81. The molecule has 98 valence electrons. The minimum absolute atomic E-state index is 0.0196. The van der Waals surface area contributed by atoms with Gasteiger partial charge >= 0.3 is 0 Å². The molecule has 0 atom stereocenters. The largest absolute Gasteiger partial charge is 0.454 e. The van der Waals surface area contributed by atoms with Gasteiger partial charge < -0.3 is 14.8 Å². The molecule has 1 aromatic carbocycles. The molecule has 6 heteroatoms. The molecule has 0 saturated heterocycles. The van der Waals surface area contributed by atoms with Crippen molar-refractivity contribution >= 4 is 11.4 Å². The summed E-state index contributed by atoms with van der Waals surface area (Å²) in [7, 11) is 0. The number of hydrogen-bond donors (Lipinski definition) is 1. The molecule has 1 aliphatic rings. The fourth-order valence-corrected chi connectivity index (χ4v) is 1.91. The van der Waals surface area contributed by atoms with Crippen molar-refractivity contribution in [1.82, 2.24) is 0 Å². The first-order valence-electron chi connectivity index (χ1n) is 6.00. The van der Waals surface area contributed by atoms with Crippen LogP contribution in [0.15, 0.2) is 12.1 Å². The van der Waals surface area contributed by atoms with Gasteiger partial charge in [0, 0.05) is 12.1 Å². The number of fused-ring (bicyclic) bond motifs is 1. The molecule has 0 fully saturated rings. The fourth-order valence-electron chi connectivity index (χ4n) is 1.91. The second-order valence-corrected chi connectivity index (χ2v) is 4.14. The van der Waals surface area contributed by atoms with Crippen LogP contribution >= 0.6 is 0 Å². The van der Waals surface area contributed by atoms with E-state index in [4.69, 9.17) is 9.47 Å². The molecule has 1 aliphatic heterocycles. The summed E-state index contributed by atoms with van der Waals surface area (Å²) in [4.78, 5) is 10.6. The molecule has 2 rings (SSSR count). The molecule has 1 heterocycles. The number of nitro benzene ring substituents is 1. The second kappa shape index (κ2) is 5.12. The van der Waals surface area contributed by atoms with Crippen molar-refractivity contribution in [2.24, 2.45) is 0 Å². The van der Waals surface area contributed by atoms with Gasteiger partial charge in [0.1, 0.15) is 5.69 Å². The summed E-state index contributed by atoms with van der Waals surface area (Å²) < 4.78 is 10.4. The van der Waals surface area contributed by atoms with Crippen LogP contribution in [0.3, 0.4) is 0 Å². The Balaban J connectivity index is 2.35. The van der Waals surface area contributed by atoms with Crippen LogP contribution in [0.5, 0.6) is 11.5 Å². The summed E-state index contributed by atoms with van der Waals surface area (Å²) in [6, 6.07) is 3.26. The summed E-state index contributed by atoms with van der Waals surface area (Å²) in [6.45, 7) is 4.20. The molecule has 0 amide bonds. The molecular formula is C12H16N2O4. The number of ether oxygens (including phenoxy) is 2. The number of nitrogens with zero attached hydrogens (tertiary/aromatic N) is 1. The van der Waals surface area contributed by atoms with E-state index in [0.29, 0.717) is 17.2 Å². The van der Waals surface area contributed by atoms with Gasteiger partial charge in [-0.1, -0.05) is 13.8 Å². The van der Waals surface area contributed by atoms with Crippen LogP contribution in [-0.2, 0) is 0 Å².